The molecule has 11 heteroatoms. The molecule has 2 amide bonds. The van der Waals surface area contributed by atoms with Crippen molar-refractivity contribution in [2.75, 3.05) is 23.8 Å². The lowest BCUT2D eigenvalue weighted by molar-refractivity contribution is 0.0317. The van der Waals surface area contributed by atoms with E-state index in [1.165, 1.54) is 0 Å². The molecule has 5 N–H and O–H groups in total. The van der Waals surface area contributed by atoms with Crippen LogP contribution in [0.5, 0.6) is 0 Å². The molecule has 3 heterocycles. The van der Waals surface area contributed by atoms with E-state index in [9.17, 15) is 14.0 Å². The summed E-state index contributed by atoms with van der Waals surface area (Å²) in [6.07, 6.45) is 1.46. The van der Waals surface area contributed by atoms with Gasteiger partial charge in [-0.05, 0) is 52.3 Å². The number of primary amides is 1. The number of halogens is 1. The van der Waals surface area contributed by atoms with E-state index in [1.807, 2.05) is 6.92 Å². The number of anilines is 3. The van der Waals surface area contributed by atoms with Crippen LogP contribution in [0.1, 0.15) is 43.2 Å². The number of alkyl carbamates (subject to hydrolysis) is 1. The van der Waals surface area contributed by atoms with Gasteiger partial charge in [0.25, 0.3) is 5.91 Å². The van der Waals surface area contributed by atoms with Crippen LogP contribution in [-0.4, -0.2) is 52.9 Å². The van der Waals surface area contributed by atoms with Crippen LogP contribution in [0.3, 0.4) is 0 Å². The van der Waals surface area contributed by atoms with Gasteiger partial charge in [-0.1, -0.05) is 0 Å². The minimum absolute atomic E-state index is 0.0840. The fourth-order valence-electron chi connectivity index (χ4n) is 3.24. The molecule has 0 spiro atoms. The van der Waals surface area contributed by atoms with Crippen molar-refractivity contribution >= 4 is 29.3 Å². The summed E-state index contributed by atoms with van der Waals surface area (Å²) < 4.78 is 25.6. The van der Waals surface area contributed by atoms with Gasteiger partial charge in [0.1, 0.15) is 11.4 Å². The number of carbonyl (C=O) groups is 2. The highest BCUT2D eigenvalue weighted by molar-refractivity contribution is 5.98. The molecule has 0 saturated carbocycles. The molecule has 3 rings (SSSR count). The number of rotatable bonds is 6. The van der Waals surface area contributed by atoms with Gasteiger partial charge >= 0.3 is 6.09 Å². The number of ether oxygens (including phenoxy) is 2. The second kappa shape index (κ2) is 9.99. The minimum Gasteiger partial charge on any atom is -0.444 e. The maximum Gasteiger partial charge on any atom is 0.408 e. The molecule has 1 aliphatic rings. The number of aromatic nitrogens is 2. The number of hydrogen-bond donors (Lipinski definition) is 4. The first-order valence-corrected chi connectivity index (χ1v) is 10.6. The molecule has 10 nitrogen and oxygen atoms in total. The maximum absolute atomic E-state index is 14.8. The first-order chi connectivity index (χ1) is 15.5. The van der Waals surface area contributed by atoms with E-state index in [4.69, 9.17) is 15.2 Å². The van der Waals surface area contributed by atoms with Crippen LogP contribution in [0.2, 0.25) is 0 Å². The first kappa shape index (κ1) is 24.2. The molecule has 0 aliphatic carbocycles. The summed E-state index contributed by atoms with van der Waals surface area (Å²) in [7, 11) is 0. The Morgan fingerprint density at radius 3 is 2.64 bits per heavy atom. The Morgan fingerprint density at radius 2 is 2.00 bits per heavy atom. The number of amides is 2. The Morgan fingerprint density at radius 1 is 1.24 bits per heavy atom. The normalized spacial score (nSPS) is 18.3. The van der Waals surface area contributed by atoms with E-state index in [0.29, 0.717) is 18.7 Å². The Hall–Kier alpha value is -3.47. The predicted molar refractivity (Wildman–Crippen MR) is 121 cm³/mol. The summed E-state index contributed by atoms with van der Waals surface area (Å²) in [5.74, 6) is -1.59. The van der Waals surface area contributed by atoms with E-state index in [1.54, 1.807) is 39.1 Å². The Bertz CT molecular complexity index is 1010. The number of carbonyl (C=O) groups excluding carboxylic acids is 2. The topological polar surface area (TPSA) is 140 Å². The molecule has 2 aromatic heterocycles. The van der Waals surface area contributed by atoms with Gasteiger partial charge in [0.2, 0.25) is 0 Å². The quantitative estimate of drug-likeness (QED) is 0.516. The van der Waals surface area contributed by atoms with E-state index in [-0.39, 0.29) is 29.8 Å². The van der Waals surface area contributed by atoms with E-state index >= 15 is 0 Å². The molecule has 0 radical (unpaired) electrons. The fourth-order valence-corrected chi connectivity index (χ4v) is 3.24. The van der Waals surface area contributed by atoms with Crippen LogP contribution in [0, 0.1) is 12.7 Å². The van der Waals surface area contributed by atoms with Crippen LogP contribution >= 0.6 is 0 Å². The lowest BCUT2D eigenvalue weighted by Gasteiger charge is -2.33. The zero-order valence-corrected chi connectivity index (χ0v) is 19.1. The van der Waals surface area contributed by atoms with E-state index in [2.05, 4.69) is 25.9 Å². The van der Waals surface area contributed by atoms with Gasteiger partial charge in [-0.3, -0.25) is 9.78 Å². The molecule has 2 aromatic rings. The van der Waals surface area contributed by atoms with Crippen LogP contribution < -0.4 is 21.7 Å². The van der Waals surface area contributed by atoms with Gasteiger partial charge in [-0.25, -0.2) is 14.2 Å². The molecule has 0 aromatic carbocycles. The summed E-state index contributed by atoms with van der Waals surface area (Å²) in [6.45, 7) is 7.77. The average molecular weight is 461 g/mol. The van der Waals surface area contributed by atoms with Gasteiger partial charge in [0, 0.05) is 12.3 Å². The maximum atomic E-state index is 14.8. The zero-order chi connectivity index (χ0) is 24.2. The molecule has 1 aliphatic heterocycles. The molecular weight excluding hydrogens is 431 g/mol. The number of aryl methyl sites for hydroxylation is 1. The van der Waals surface area contributed by atoms with Crippen molar-refractivity contribution in [3.63, 3.8) is 0 Å². The highest BCUT2D eigenvalue weighted by Crippen LogP contribution is 2.25. The van der Waals surface area contributed by atoms with Gasteiger partial charge in [0.15, 0.2) is 11.6 Å². The lowest BCUT2D eigenvalue weighted by atomic mass is 10.0. The molecule has 2 atom stereocenters. The molecule has 0 bridgehead atoms. The highest BCUT2D eigenvalue weighted by atomic mass is 19.1. The summed E-state index contributed by atoms with van der Waals surface area (Å²) in [6, 6.07) is 3.69. The number of pyridine rings is 2. The number of nitrogens with one attached hydrogen (secondary N) is 3. The van der Waals surface area contributed by atoms with E-state index in [0.717, 1.165) is 11.8 Å². The Balaban J connectivity index is 1.82. The van der Waals surface area contributed by atoms with Gasteiger partial charge < -0.3 is 31.2 Å². The van der Waals surface area contributed by atoms with Crippen molar-refractivity contribution in [2.24, 2.45) is 5.73 Å². The van der Waals surface area contributed by atoms with Crippen LogP contribution in [0.15, 0.2) is 24.4 Å². The Labute approximate surface area is 191 Å². The molecule has 1 saturated heterocycles. The average Bonchev–Trinajstić information content (AvgIpc) is 2.71. The molecule has 0 unspecified atom stereocenters. The van der Waals surface area contributed by atoms with Gasteiger partial charge in [0.05, 0.1) is 36.1 Å². The van der Waals surface area contributed by atoms with Crippen molar-refractivity contribution in [3.8, 4) is 0 Å². The van der Waals surface area contributed by atoms with E-state index < -0.39 is 29.5 Å². The number of hydrogen-bond acceptors (Lipinski definition) is 8. The largest absolute Gasteiger partial charge is 0.444 e. The summed E-state index contributed by atoms with van der Waals surface area (Å²) in [5, 5.41) is 8.74. The second-order valence-electron chi connectivity index (χ2n) is 8.76. The third kappa shape index (κ3) is 6.75. The summed E-state index contributed by atoms with van der Waals surface area (Å²) in [5.41, 5.74) is 6.03. The summed E-state index contributed by atoms with van der Waals surface area (Å²) >= 11 is 0. The zero-order valence-electron chi connectivity index (χ0n) is 19.1. The molecule has 33 heavy (non-hydrogen) atoms. The standard InChI is InChI=1S/C22H29FN6O4/c1-12-5-6-13(10-25-12)26-19-14(18(24)30)9-15(23)20(29-19)27-16-7-8-32-11-17(16)28-21(31)33-22(2,3)4/h5-6,9-10,16-17H,7-8,11H2,1-4H3,(H2,24,30)(H,28,31)(H2,26,27,29)/t16-,17+/m1/s1. The predicted octanol–water partition coefficient (Wildman–Crippen LogP) is 2.86. The van der Waals surface area contributed by atoms with Crippen molar-refractivity contribution in [3.05, 3.63) is 41.5 Å². The Kier molecular flexibility index (Phi) is 7.32. The van der Waals surface area contributed by atoms with Crippen molar-refractivity contribution < 1.29 is 23.5 Å². The fraction of sp³-hybridized carbons (Fsp3) is 0.455. The van der Waals surface area contributed by atoms with Crippen LogP contribution in [-0.2, 0) is 9.47 Å². The number of nitrogens with zero attached hydrogens (tertiary/aromatic N) is 2. The molecular formula is C22H29FN6O4. The van der Waals surface area contributed by atoms with Gasteiger partial charge in [-0.2, -0.15) is 0 Å². The highest BCUT2D eigenvalue weighted by Gasteiger charge is 2.30. The molecule has 178 valence electrons. The van der Waals surface area contributed by atoms with Crippen molar-refractivity contribution in [2.45, 2.75) is 51.8 Å². The molecule has 1 fully saturated rings. The number of nitrogens with two attached hydrogens (primary N) is 1. The monoisotopic (exact) mass is 460 g/mol. The van der Waals surface area contributed by atoms with Crippen LogP contribution in [0.4, 0.5) is 26.5 Å². The SMILES string of the molecule is Cc1ccc(Nc2nc(N[C@@H]3CCOC[C@@H]3NC(=O)OC(C)(C)C)c(F)cc2C(N)=O)cn1. The summed E-state index contributed by atoms with van der Waals surface area (Å²) in [4.78, 5) is 32.5. The third-order valence-electron chi connectivity index (χ3n) is 4.80. The first-order valence-electron chi connectivity index (χ1n) is 10.6. The minimum atomic E-state index is -0.828. The van der Waals surface area contributed by atoms with Crippen molar-refractivity contribution in [1.29, 1.82) is 0 Å². The van der Waals surface area contributed by atoms with Gasteiger partial charge in [-0.15, -0.1) is 0 Å². The third-order valence-corrected chi connectivity index (χ3v) is 4.80. The second-order valence-corrected chi connectivity index (χ2v) is 8.76. The lowest BCUT2D eigenvalue weighted by Crippen LogP contribution is -2.53. The smallest absolute Gasteiger partial charge is 0.408 e. The van der Waals surface area contributed by atoms with Crippen molar-refractivity contribution in [1.82, 2.24) is 15.3 Å². The van der Waals surface area contributed by atoms with Crippen LogP contribution in [0.25, 0.3) is 0 Å².